The summed E-state index contributed by atoms with van der Waals surface area (Å²) in [4.78, 5) is 48.7. The van der Waals surface area contributed by atoms with E-state index in [1.165, 1.54) is 36.3 Å². The van der Waals surface area contributed by atoms with Crippen molar-refractivity contribution in [2.24, 2.45) is 5.41 Å². The Bertz CT molecular complexity index is 1690. The van der Waals surface area contributed by atoms with E-state index in [4.69, 9.17) is 16.3 Å². The van der Waals surface area contributed by atoms with Crippen LogP contribution in [0.1, 0.15) is 60.3 Å². The van der Waals surface area contributed by atoms with Gasteiger partial charge in [0, 0.05) is 35.1 Å². The molecule has 1 spiro atoms. The van der Waals surface area contributed by atoms with Crippen LogP contribution >= 0.6 is 11.6 Å². The lowest BCUT2D eigenvalue weighted by Gasteiger charge is -2.40. The van der Waals surface area contributed by atoms with Crippen LogP contribution in [0.4, 0.5) is 15.8 Å². The number of anilines is 2. The van der Waals surface area contributed by atoms with Crippen LogP contribution in [-0.4, -0.2) is 58.6 Å². The fourth-order valence-corrected chi connectivity index (χ4v) is 7.39. The Kier molecular flexibility index (Phi) is 6.78. The normalized spacial score (nSPS) is 24.8. The first kappa shape index (κ1) is 29.1. The minimum Gasteiger partial charge on any atom is -0.495 e. The Morgan fingerprint density at radius 3 is 2.65 bits per heavy atom. The summed E-state index contributed by atoms with van der Waals surface area (Å²) in [6.45, 7) is 8.10. The molecule has 11 heteroatoms. The van der Waals surface area contributed by atoms with Crippen molar-refractivity contribution in [3.05, 3.63) is 81.9 Å². The Labute approximate surface area is 253 Å². The van der Waals surface area contributed by atoms with E-state index in [-0.39, 0.29) is 45.8 Å². The van der Waals surface area contributed by atoms with Crippen molar-refractivity contribution in [1.82, 2.24) is 9.88 Å². The number of aryl methyl sites for hydroxylation is 1. The van der Waals surface area contributed by atoms with Crippen LogP contribution in [0.3, 0.4) is 0 Å². The molecule has 3 aliphatic rings. The van der Waals surface area contributed by atoms with Gasteiger partial charge < -0.3 is 15.2 Å². The van der Waals surface area contributed by atoms with Gasteiger partial charge in [-0.15, -0.1) is 0 Å². The van der Waals surface area contributed by atoms with Crippen LogP contribution in [-0.2, 0) is 15.0 Å². The number of nitrogens with one attached hydrogen (secondary N) is 1. The van der Waals surface area contributed by atoms with E-state index < -0.39 is 35.2 Å². The number of methoxy groups -OCH3 is 1. The van der Waals surface area contributed by atoms with Gasteiger partial charge in [-0.2, -0.15) is 0 Å². The van der Waals surface area contributed by atoms with Crippen LogP contribution in [0.15, 0.2) is 48.7 Å². The Morgan fingerprint density at radius 1 is 1.23 bits per heavy atom. The first-order chi connectivity index (χ1) is 20.3. The number of carboxylic acids is 1. The van der Waals surface area contributed by atoms with Gasteiger partial charge in [0.2, 0.25) is 11.8 Å². The summed E-state index contributed by atoms with van der Waals surface area (Å²) in [6.07, 6.45) is 2.17. The molecule has 1 unspecified atom stereocenters. The summed E-state index contributed by atoms with van der Waals surface area (Å²) in [5.41, 5.74) is 0.866. The Morgan fingerprint density at radius 2 is 1.98 bits per heavy atom. The van der Waals surface area contributed by atoms with E-state index in [1.54, 1.807) is 24.4 Å². The zero-order valence-electron chi connectivity index (χ0n) is 24.4. The third-order valence-corrected chi connectivity index (χ3v) is 9.16. The summed E-state index contributed by atoms with van der Waals surface area (Å²) in [6, 6.07) is 9.30. The van der Waals surface area contributed by atoms with Crippen molar-refractivity contribution < 1.29 is 28.6 Å². The van der Waals surface area contributed by atoms with Crippen molar-refractivity contribution >= 4 is 40.8 Å². The number of hydrogen-bond donors (Lipinski definition) is 2. The van der Waals surface area contributed by atoms with Crippen molar-refractivity contribution in [3.63, 3.8) is 0 Å². The fraction of sp³-hybridized carbons (Fsp3) is 0.375. The van der Waals surface area contributed by atoms with Crippen LogP contribution in [0, 0.1) is 18.2 Å². The van der Waals surface area contributed by atoms with E-state index in [0.29, 0.717) is 29.1 Å². The molecule has 0 saturated carbocycles. The molecule has 2 amide bonds. The van der Waals surface area contributed by atoms with E-state index in [1.807, 2.05) is 11.8 Å². The number of carboxylic acid groups (broad SMARTS) is 1. The van der Waals surface area contributed by atoms with Gasteiger partial charge in [0.1, 0.15) is 17.0 Å². The highest BCUT2D eigenvalue weighted by Gasteiger charge is 2.71. The van der Waals surface area contributed by atoms with Gasteiger partial charge in [-0.05, 0) is 54.7 Å². The number of halogens is 2. The molecular formula is C32H32ClFN4O5. The zero-order chi connectivity index (χ0) is 31.0. The van der Waals surface area contributed by atoms with Crippen molar-refractivity contribution in [3.8, 4) is 5.75 Å². The van der Waals surface area contributed by atoms with Crippen LogP contribution < -0.4 is 15.0 Å². The molecule has 3 aliphatic heterocycles. The van der Waals surface area contributed by atoms with Crippen LogP contribution in [0.2, 0.25) is 5.02 Å². The van der Waals surface area contributed by atoms with Gasteiger partial charge in [-0.3, -0.25) is 24.4 Å². The average molecular weight is 607 g/mol. The second kappa shape index (κ2) is 10.0. The first-order valence-corrected chi connectivity index (χ1v) is 14.4. The van der Waals surface area contributed by atoms with E-state index in [9.17, 15) is 19.5 Å². The standard InChI is InChI=1S/C32H32ClFN4O5/c1-16-11-21-19(14-35-16)32(30(42)36-21)24(13-31(2,3)4)38-15-37(22-10-9-17(29(40)41)12-23(22)43-5)28(39)27(38)25(32)18-7-6-8-20(33)26(18)34/h6-12,14,24-25,27H,13,15H2,1-5H3,(H,36,42)(H,40,41)/t24-,25-,27+,32?/m0/s1. The Hall–Kier alpha value is -4.02. The number of pyridine rings is 1. The third kappa shape index (κ3) is 4.30. The fourth-order valence-electron chi connectivity index (χ4n) is 7.21. The molecule has 43 heavy (non-hydrogen) atoms. The predicted octanol–water partition coefficient (Wildman–Crippen LogP) is 5.36. The monoisotopic (exact) mass is 606 g/mol. The number of benzene rings is 2. The summed E-state index contributed by atoms with van der Waals surface area (Å²) < 4.78 is 21.6. The molecule has 0 bridgehead atoms. The number of amides is 2. The number of fused-ring (bicyclic) bond motifs is 3. The molecule has 0 aliphatic carbocycles. The van der Waals surface area contributed by atoms with Gasteiger partial charge in [-0.25, -0.2) is 9.18 Å². The molecule has 1 aromatic heterocycles. The molecular weight excluding hydrogens is 575 g/mol. The maximum absolute atomic E-state index is 16.1. The minimum absolute atomic E-state index is 0.0122. The highest BCUT2D eigenvalue weighted by Crippen LogP contribution is 2.61. The van der Waals surface area contributed by atoms with Crippen molar-refractivity contribution in [2.45, 2.75) is 57.5 Å². The first-order valence-electron chi connectivity index (χ1n) is 14.0. The minimum atomic E-state index is -1.35. The van der Waals surface area contributed by atoms with E-state index in [2.05, 4.69) is 31.1 Å². The molecule has 2 aromatic carbocycles. The molecule has 2 N–H and O–H groups in total. The summed E-state index contributed by atoms with van der Waals surface area (Å²) in [5.74, 6) is -3.22. The van der Waals surface area contributed by atoms with Gasteiger partial charge in [-0.1, -0.05) is 44.5 Å². The number of hydrogen-bond acceptors (Lipinski definition) is 6. The molecule has 0 radical (unpaired) electrons. The molecule has 4 atom stereocenters. The maximum atomic E-state index is 16.1. The number of carbonyl (C=O) groups excluding carboxylic acids is 2. The summed E-state index contributed by atoms with van der Waals surface area (Å²) in [7, 11) is 1.41. The zero-order valence-corrected chi connectivity index (χ0v) is 25.2. The topological polar surface area (TPSA) is 112 Å². The van der Waals surface area contributed by atoms with Crippen LogP contribution in [0.25, 0.3) is 0 Å². The number of nitrogens with zero attached hydrogens (tertiary/aromatic N) is 3. The number of aromatic nitrogens is 1. The lowest BCUT2D eigenvalue weighted by atomic mass is 9.62. The molecule has 2 fully saturated rings. The van der Waals surface area contributed by atoms with E-state index >= 15 is 4.39 Å². The molecule has 4 heterocycles. The van der Waals surface area contributed by atoms with Crippen molar-refractivity contribution in [1.29, 1.82) is 0 Å². The van der Waals surface area contributed by atoms with Gasteiger partial charge in [0.15, 0.2) is 0 Å². The molecule has 3 aromatic rings. The largest absolute Gasteiger partial charge is 0.495 e. The average Bonchev–Trinajstić information content (AvgIpc) is 3.52. The maximum Gasteiger partial charge on any atom is 0.335 e. The van der Waals surface area contributed by atoms with Gasteiger partial charge in [0.25, 0.3) is 0 Å². The summed E-state index contributed by atoms with van der Waals surface area (Å²) in [5, 5.41) is 12.4. The SMILES string of the molecule is COc1cc(C(=O)O)ccc1N1CN2[C@@H](CC(C)(C)C)C3(C(=O)Nc4cc(C)ncc43)[C@@H](c3cccc(Cl)c3F)[C@@H]2C1=O. The van der Waals surface area contributed by atoms with Crippen molar-refractivity contribution in [2.75, 3.05) is 24.0 Å². The lowest BCUT2D eigenvalue weighted by molar-refractivity contribution is -0.122. The van der Waals surface area contributed by atoms with E-state index in [0.717, 1.165) is 0 Å². The quantitative estimate of drug-likeness (QED) is 0.402. The highest BCUT2D eigenvalue weighted by atomic mass is 35.5. The second-order valence-corrected chi connectivity index (χ2v) is 13.1. The van der Waals surface area contributed by atoms with Gasteiger partial charge >= 0.3 is 5.97 Å². The van der Waals surface area contributed by atoms with Crippen LogP contribution in [0.5, 0.6) is 5.75 Å². The molecule has 6 rings (SSSR count). The molecule has 2 saturated heterocycles. The smallest absolute Gasteiger partial charge is 0.335 e. The molecule has 224 valence electrons. The van der Waals surface area contributed by atoms with Gasteiger partial charge in [0.05, 0.1) is 36.1 Å². The second-order valence-electron chi connectivity index (χ2n) is 12.7. The number of aromatic carboxylic acids is 1. The predicted molar refractivity (Wildman–Crippen MR) is 159 cm³/mol. The summed E-state index contributed by atoms with van der Waals surface area (Å²) >= 11 is 6.31. The number of rotatable bonds is 5. The number of carbonyl (C=O) groups is 3. The highest BCUT2D eigenvalue weighted by molar-refractivity contribution is 6.30. The lowest BCUT2D eigenvalue weighted by Crippen LogP contribution is -2.52. The third-order valence-electron chi connectivity index (χ3n) is 8.86. The number of ether oxygens (including phenoxy) is 1. The Balaban J connectivity index is 1.60. The molecule has 9 nitrogen and oxygen atoms in total.